The summed E-state index contributed by atoms with van der Waals surface area (Å²) in [6, 6.07) is 24.8. The number of hydrogen-bond acceptors (Lipinski definition) is 6. The van der Waals surface area contributed by atoms with E-state index in [4.69, 9.17) is 21.6 Å². The number of rotatable bonds is 5. The molecule has 0 atom stereocenters. The van der Waals surface area contributed by atoms with Crippen LogP contribution in [0.4, 0.5) is 17.2 Å². The molecule has 6 rings (SSSR count). The summed E-state index contributed by atoms with van der Waals surface area (Å²) in [5.74, 6) is 0.903. The maximum atomic E-state index is 11.0. The van der Waals surface area contributed by atoms with Gasteiger partial charge in [-0.3, -0.25) is 10.1 Å². The number of nitrogens with zero attached hydrogens (tertiary/aromatic N) is 6. The van der Waals surface area contributed by atoms with Crippen LogP contribution in [0.15, 0.2) is 91.4 Å². The van der Waals surface area contributed by atoms with Gasteiger partial charge in [-0.2, -0.15) is 0 Å². The molecule has 2 aromatic heterocycles. The molecular formula is C28H23ClN6O2. The second-order valence-corrected chi connectivity index (χ2v) is 9.34. The van der Waals surface area contributed by atoms with E-state index in [0.717, 1.165) is 65.5 Å². The summed E-state index contributed by atoms with van der Waals surface area (Å²) in [5, 5.41) is 12.7. The second-order valence-electron chi connectivity index (χ2n) is 8.90. The number of aromatic nitrogens is 3. The third-order valence-electron chi connectivity index (χ3n) is 6.76. The van der Waals surface area contributed by atoms with Crippen molar-refractivity contribution in [3.8, 4) is 16.8 Å². The van der Waals surface area contributed by atoms with E-state index in [-0.39, 0.29) is 10.6 Å². The maximum absolute atomic E-state index is 11.0. The van der Waals surface area contributed by atoms with Gasteiger partial charge in [0.25, 0.3) is 5.69 Å². The Balaban J connectivity index is 1.37. The van der Waals surface area contributed by atoms with Crippen LogP contribution in [0.25, 0.3) is 27.8 Å². The molecule has 0 amide bonds. The lowest BCUT2D eigenvalue weighted by molar-refractivity contribution is -0.384. The molecule has 0 N–H and O–H groups in total. The first kappa shape index (κ1) is 23.0. The average Bonchev–Trinajstić information content (AvgIpc) is 3.34. The van der Waals surface area contributed by atoms with Crippen LogP contribution < -0.4 is 9.80 Å². The van der Waals surface area contributed by atoms with E-state index < -0.39 is 0 Å². The molecule has 0 bridgehead atoms. The van der Waals surface area contributed by atoms with Crippen LogP contribution in [0.3, 0.4) is 0 Å². The highest BCUT2D eigenvalue weighted by molar-refractivity contribution is 6.30. The predicted molar refractivity (Wildman–Crippen MR) is 147 cm³/mol. The summed E-state index contributed by atoms with van der Waals surface area (Å²) in [5.41, 5.74) is 5.06. The highest BCUT2D eigenvalue weighted by Gasteiger charge is 2.24. The van der Waals surface area contributed by atoms with E-state index in [1.807, 2.05) is 54.6 Å². The smallest absolute Gasteiger partial charge is 0.269 e. The van der Waals surface area contributed by atoms with Gasteiger partial charge in [0.05, 0.1) is 10.3 Å². The van der Waals surface area contributed by atoms with E-state index in [0.29, 0.717) is 5.02 Å². The third kappa shape index (κ3) is 4.36. The monoisotopic (exact) mass is 510 g/mol. The van der Waals surface area contributed by atoms with Crippen molar-refractivity contribution in [3.05, 3.63) is 107 Å². The molecule has 1 aliphatic heterocycles. The van der Waals surface area contributed by atoms with E-state index in [1.54, 1.807) is 18.5 Å². The molecular weight excluding hydrogens is 488 g/mol. The molecule has 0 radical (unpaired) electrons. The van der Waals surface area contributed by atoms with Gasteiger partial charge in [-0.25, -0.2) is 9.97 Å². The number of non-ortho nitro benzene ring substituents is 1. The van der Waals surface area contributed by atoms with E-state index >= 15 is 0 Å². The highest BCUT2D eigenvalue weighted by atomic mass is 35.5. The summed E-state index contributed by atoms with van der Waals surface area (Å²) in [6.45, 7) is 3.09. The first-order chi connectivity index (χ1) is 18.1. The fourth-order valence-electron chi connectivity index (χ4n) is 4.88. The Bertz CT molecular complexity index is 1560. The molecule has 0 saturated carbocycles. The summed E-state index contributed by atoms with van der Waals surface area (Å²) >= 11 is 6.15. The Morgan fingerprint density at radius 1 is 0.784 bits per heavy atom. The molecule has 3 aromatic carbocycles. The van der Waals surface area contributed by atoms with Gasteiger partial charge in [0.1, 0.15) is 12.1 Å². The van der Waals surface area contributed by atoms with Crippen LogP contribution in [0.2, 0.25) is 5.02 Å². The fraction of sp³-hybridized carbons (Fsp3) is 0.143. The molecule has 1 saturated heterocycles. The van der Waals surface area contributed by atoms with E-state index in [2.05, 4.69) is 32.7 Å². The molecule has 0 aliphatic carbocycles. The van der Waals surface area contributed by atoms with Crippen LogP contribution in [0, 0.1) is 10.1 Å². The minimum Gasteiger partial charge on any atom is -0.368 e. The molecule has 0 unspecified atom stereocenters. The Hall–Kier alpha value is -4.43. The summed E-state index contributed by atoms with van der Waals surface area (Å²) in [6.07, 6.45) is 3.75. The highest BCUT2D eigenvalue weighted by Crippen LogP contribution is 2.37. The van der Waals surface area contributed by atoms with Crippen molar-refractivity contribution in [2.24, 2.45) is 0 Å². The predicted octanol–water partition coefficient (Wildman–Crippen LogP) is 5.98. The van der Waals surface area contributed by atoms with Crippen molar-refractivity contribution in [2.75, 3.05) is 36.0 Å². The summed E-state index contributed by atoms with van der Waals surface area (Å²) < 4.78 is 2.09. The topological polar surface area (TPSA) is 80.3 Å². The van der Waals surface area contributed by atoms with Gasteiger partial charge in [-0.05, 0) is 42.0 Å². The van der Waals surface area contributed by atoms with Crippen LogP contribution in [-0.4, -0.2) is 45.6 Å². The van der Waals surface area contributed by atoms with Crippen molar-refractivity contribution in [2.45, 2.75) is 0 Å². The molecule has 8 nitrogen and oxygen atoms in total. The largest absolute Gasteiger partial charge is 0.368 e. The van der Waals surface area contributed by atoms with Crippen molar-refractivity contribution in [1.29, 1.82) is 0 Å². The average molecular weight is 511 g/mol. The lowest BCUT2D eigenvalue weighted by atomic mass is 10.1. The van der Waals surface area contributed by atoms with Crippen LogP contribution in [-0.2, 0) is 0 Å². The van der Waals surface area contributed by atoms with Crippen molar-refractivity contribution in [1.82, 2.24) is 14.5 Å². The number of piperazine rings is 1. The standard InChI is InChI=1S/C28H23ClN6O2/c29-21-6-8-23(9-7-21)34-18-25(20-4-2-1-3-5-20)26-27(30-19-31-28(26)34)33-16-14-32(15-17-33)22-10-12-24(13-11-22)35(36)37/h1-13,18-19H,14-17H2. The van der Waals surface area contributed by atoms with Crippen molar-refractivity contribution >= 4 is 39.8 Å². The molecule has 3 heterocycles. The van der Waals surface area contributed by atoms with Crippen molar-refractivity contribution in [3.63, 3.8) is 0 Å². The van der Waals surface area contributed by atoms with Gasteiger partial charge in [0.2, 0.25) is 0 Å². The minimum atomic E-state index is -0.372. The number of fused-ring (bicyclic) bond motifs is 1. The van der Waals surface area contributed by atoms with Gasteiger partial charge in [0, 0.05) is 66.5 Å². The van der Waals surface area contributed by atoms with E-state index in [9.17, 15) is 10.1 Å². The Kier molecular flexibility index (Phi) is 5.94. The first-order valence-electron chi connectivity index (χ1n) is 12.0. The van der Waals surface area contributed by atoms with Crippen LogP contribution in [0.1, 0.15) is 0 Å². The van der Waals surface area contributed by atoms with Gasteiger partial charge >= 0.3 is 0 Å². The second kappa shape index (κ2) is 9.55. The number of halogens is 1. The zero-order chi connectivity index (χ0) is 25.4. The zero-order valence-electron chi connectivity index (χ0n) is 19.9. The zero-order valence-corrected chi connectivity index (χ0v) is 20.6. The van der Waals surface area contributed by atoms with Crippen LogP contribution >= 0.6 is 11.6 Å². The summed E-state index contributed by atoms with van der Waals surface area (Å²) in [4.78, 5) is 24.6. The van der Waals surface area contributed by atoms with Gasteiger partial charge in [-0.1, -0.05) is 41.9 Å². The molecule has 37 heavy (non-hydrogen) atoms. The van der Waals surface area contributed by atoms with Gasteiger partial charge < -0.3 is 14.4 Å². The first-order valence-corrected chi connectivity index (χ1v) is 12.4. The SMILES string of the molecule is O=[N+]([O-])c1ccc(N2CCN(c3ncnc4c3c(-c3ccccc3)cn4-c3ccc(Cl)cc3)CC2)cc1. The normalized spacial score (nSPS) is 13.8. The molecule has 9 heteroatoms. The molecule has 0 spiro atoms. The Morgan fingerprint density at radius 3 is 2.11 bits per heavy atom. The molecule has 184 valence electrons. The number of nitro groups is 1. The number of benzene rings is 3. The van der Waals surface area contributed by atoms with Crippen LogP contribution in [0.5, 0.6) is 0 Å². The third-order valence-corrected chi connectivity index (χ3v) is 7.01. The quantitative estimate of drug-likeness (QED) is 0.214. The molecule has 1 aliphatic rings. The Morgan fingerprint density at radius 2 is 1.43 bits per heavy atom. The lowest BCUT2D eigenvalue weighted by Gasteiger charge is -2.37. The number of anilines is 2. The minimum absolute atomic E-state index is 0.101. The molecule has 1 fully saturated rings. The van der Waals surface area contributed by atoms with Crippen molar-refractivity contribution < 1.29 is 4.92 Å². The molecule has 5 aromatic rings. The van der Waals surface area contributed by atoms with E-state index in [1.165, 1.54) is 0 Å². The number of hydrogen-bond donors (Lipinski definition) is 0. The number of nitro benzene ring substituents is 1. The Labute approximate surface area is 218 Å². The van der Waals surface area contributed by atoms with Gasteiger partial charge in [0.15, 0.2) is 5.65 Å². The fourth-order valence-corrected chi connectivity index (χ4v) is 5.01. The summed E-state index contributed by atoms with van der Waals surface area (Å²) in [7, 11) is 0. The lowest BCUT2D eigenvalue weighted by Crippen LogP contribution is -2.46. The maximum Gasteiger partial charge on any atom is 0.269 e. The van der Waals surface area contributed by atoms with Gasteiger partial charge in [-0.15, -0.1) is 0 Å².